The highest BCUT2D eigenvalue weighted by molar-refractivity contribution is 5.19. The van der Waals surface area contributed by atoms with E-state index in [1.165, 1.54) is 0 Å². The molecular formula is C14H19F4NO. The molecule has 20 heavy (non-hydrogen) atoms. The highest BCUT2D eigenvalue weighted by Gasteiger charge is 2.13. The van der Waals surface area contributed by atoms with Crippen molar-refractivity contribution in [2.24, 2.45) is 0 Å². The molecule has 1 N–H and O–H groups in total. The maximum Gasteiger partial charge on any atom is 0.261 e. The van der Waals surface area contributed by atoms with E-state index in [0.29, 0.717) is 13.0 Å². The van der Waals surface area contributed by atoms with E-state index < -0.39 is 24.7 Å². The summed E-state index contributed by atoms with van der Waals surface area (Å²) in [7, 11) is 0. The van der Waals surface area contributed by atoms with E-state index in [9.17, 15) is 17.6 Å². The summed E-state index contributed by atoms with van der Waals surface area (Å²) in [6, 6.07) is 3.15. The molecule has 0 bridgehead atoms. The van der Waals surface area contributed by atoms with Crippen LogP contribution in [0.15, 0.2) is 18.2 Å². The molecule has 1 aromatic carbocycles. The average molecular weight is 293 g/mol. The number of hydrogen-bond acceptors (Lipinski definition) is 2. The van der Waals surface area contributed by atoms with Gasteiger partial charge in [0.05, 0.1) is 0 Å². The van der Waals surface area contributed by atoms with Crippen molar-refractivity contribution in [1.29, 1.82) is 0 Å². The van der Waals surface area contributed by atoms with Gasteiger partial charge in [-0.25, -0.2) is 17.6 Å². The number of ether oxygens (including phenoxy) is 1. The molecule has 0 aliphatic carbocycles. The zero-order chi connectivity index (χ0) is 15.0. The predicted molar refractivity (Wildman–Crippen MR) is 69.0 cm³/mol. The van der Waals surface area contributed by atoms with Gasteiger partial charge in [-0.05, 0) is 43.1 Å². The summed E-state index contributed by atoms with van der Waals surface area (Å²) in [6.45, 7) is 2.08. The van der Waals surface area contributed by atoms with Gasteiger partial charge in [0.1, 0.15) is 18.2 Å². The molecule has 6 heteroatoms. The van der Waals surface area contributed by atoms with Gasteiger partial charge in [-0.1, -0.05) is 6.92 Å². The molecule has 0 radical (unpaired) electrons. The highest BCUT2D eigenvalue weighted by atomic mass is 19.3. The second kappa shape index (κ2) is 8.92. The Morgan fingerprint density at radius 3 is 2.65 bits per heavy atom. The van der Waals surface area contributed by atoms with Crippen LogP contribution < -0.4 is 5.32 Å². The van der Waals surface area contributed by atoms with Crippen molar-refractivity contribution in [2.75, 3.05) is 19.8 Å². The van der Waals surface area contributed by atoms with Gasteiger partial charge in [0, 0.05) is 12.6 Å². The summed E-state index contributed by atoms with van der Waals surface area (Å²) in [5, 5.41) is 3.11. The van der Waals surface area contributed by atoms with Crippen LogP contribution in [0.5, 0.6) is 0 Å². The Morgan fingerprint density at radius 1 is 1.25 bits per heavy atom. The van der Waals surface area contributed by atoms with Gasteiger partial charge in [0.25, 0.3) is 6.43 Å². The predicted octanol–water partition coefficient (Wildman–Crippen LogP) is 3.16. The molecule has 2 nitrogen and oxygen atoms in total. The number of benzene rings is 1. The first kappa shape index (κ1) is 16.9. The molecule has 1 aromatic rings. The molecule has 0 heterocycles. The first-order valence-corrected chi connectivity index (χ1v) is 6.56. The fourth-order valence-corrected chi connectivity index (χ4v) is 1.93. The normalized spacial score (nSPS) is 12.9. The van der Waals surface area contributed by atoms with Crippen LogP contribution in [0, 0.1) is 11.6 Å². The van der Waals surface area contributed by atoms with Gasteiger partial charge in [-0.2, -0.15) is 0 Å². The van der Waals surface area contributed by atoms with Gasteiger partial charge in [0.15, 0.2) is 0 Å². The smallest absolute Gasteiger partial charge is 0.261 e. The summed E-state index contributed by atoms with van der Waals surface area (Å²) >= 11 is 0. The third-order valence-corrected chi connectivity index (χ3v) is 2.82. The molecule has 0 aliphatic heterocycles. The number of hydrogen-bond donors (Lipinski definition) is 1. The van der Waals surface area contributed by atoms with Gasteiger partial charge < -0.3 is 10.1 Å². The molecule has 0 amide bonds. The summed E-state index contributed by atoms with van der Waals surface area (Å²) in [5.74, 6) is -0.964. The van der Waals surface area contributed by atoms with E-state index in [1.807, 2.05) is 6.92 Å². The van der Waals surface area contributed by atoms with Crippen LogP contribution in [0.3, 0.4) is 0 Å². The van der Waals surface area contributed by atoms with E-state index in [1.54, 1.807) is 0 Å². The Hall–Kier alpha value is -1.14. The molecule has 0 fully saturated rings. The molecular weight excluding hydrogens is 274 g/mol. The van der Waals surface area contributed by atoms with Crippen LogP contribution in [0.4, 0.5) is 17.6 Å². The number of likely N-dealkylation sites (N-methyl/N-ethyl adjacent to an activating group) is 1. The van der Waals surface area contributed by atoms with Crippen LogP contribution in [0.2, 0.25) is 0 Å². The molecule has 0 saturated heterocycles. The zero-order valence-corrected chi connectivity index (χ0v) is 11.3. The number of alkyl halides is 2. The summed E-state index contributed by atoms with van der Waals surface area (Å²) in [6.07, 6.45) is -1.75. The van der Waals surface area contributed by atoms with Gasteiger partial charge >= 0.3 is 0 Å². The minimum atomic E-state index is -2.49. The lowest BCUT2D eigenvalue weighted by atomic mass is 10.0. The Bertz CT molecular complexity index is 401. The Balaban J connectivity index is 2.51. The van der Waals surface area contributed by atoms with E-state index in [2.05, 4.69) is 5.32 Å². The lowest BCUT2D eigenvalue weighted by molar-refractivity contribution is 0.0144. The molecule has 0 spiro atoms. The monoisotopic (exact) mass is 293 g/mol. The van der Waals surface area contributed by atoms with Crippen molar-refractivity contribution in [3.8, 4) is 0 Å². The third kappa shape index (κ3) is 6.34. The number of nitrogens with one attached hydrogen (secondary N) is 1. The highest BCUT2D eigenvalue weighted by Crippen LogP contribution is 2.13. The zero-order valence-electron chi connectivity index (χ0n) is 11.3. The van der Waals surface area contributed by atoms with Crippen molar-refractivity contribution in [3.63, 3.8) is 0 Å². The molecule has 1 unspecified atom stereocenters. The van der Waals surface area contributed by atoms with Crippen LogP contribution in [0.1, 0.15) is 18.9 Å². The van der Waals surface area contributed by atoms with E-state index >= 15 is 0 Å². The maximum atomic E-state index is 13.5. The van der Waals surface area contributed by atoms with Crippen molar-refractivity contribution in [2.45, 2.75) is 32.2 Å². The Labute approximate surface area is 116 Å². The second-order valence-corrected chi connectivity index (χ2v) is 4.45. The van der Waals surface area contributed by atoms with Crippen LogP contribution in [0.25, 0.3) is 0 Å². The third-order valence-electron chi connectivity index (χ3n) is 2.82. The minimum Gasteiger partial charge on any atom is -0.375 e. The largest absolute Gasteiger partial charge is 0.375 e. The quantitative estimate of drug-likeness (QED) is 0.558. The van der Waals surface area contributed by atoms with Gasteiger partial charge in [0.2, 0.25) is 0 Å². The maximum absolute atomic E-state index is 13.5. The topological polar surface area (TPSA) is 21.3 Å². The molecule has 0 saturated carbocycles. The summed E-state index contributed by atoms with van der Waals surface area (Å²) < 4.78 is 55.3. The second-order valence-electron chi connectivity index (χ2n) is 4.45. The standard InChI is InChI=1S/C14H19F4NO/c1-2-19-12(5-6-20-9-14(17)18)8-10-7-11(15)3-4-13(10)16/h3-4,7,12,14,19H,2,5-6,8-9H2,1H3. The minimum absolute atomic E-state index is 0.144. The molecule has 1 atom stereocenters. The fourth-order valence-electron chi connectivity index (χ4n) is 1.93. The van der Waals surface area contributed by atoms with Crippen molar-refractivity contribution in [1.82, 2.24) is 5.32 Å². The lowest BCUT2D eigenvalue weighted by Gasteiger charge is -2.18. The van der Waals surface area contributed by atoms with E-state index in [0.717, 1.165) is 18.2 Å². The van der Waals surface area contributed by atoms with Gasteiger partial charge in [-0.15, -0.1) is 0 Å². The van der Waals surface area contributed by atoms with Crippen molar-refractivity contribution in [3.05, 3.63) is 35.4 Å². The molecule has 0 aromatic heterocycles. The molecule has 1 rings (SSSR count). The van der Waals surface area contributed by atoms with E-state index in [-0.39, 0.29) is 24.6 Å². The van der Waals surface area contributed by atoms with E-state index in [4.69, 9.17) is 4.74 Å². The van der Waals surface area contributed by atoms with Crippen LogP contribution in [-0.2, 0) is 11.2 Å². The summed E-state index contributed by atoms with van der Waals surface area (Å²) in [5.41, 5.74) is 0.268. The number of rotatable bonds is 9. The first-order chi connectivity index (χ1) is 9.52. The Morgan fingerprint density at radius 2 is 2.00 bits per heavy atom. The molecule has 114 valence electrons. The van der Waals surface area contributed by atoms with Crippen LogP contribution in [-0.4, -0.2) is 32.2 Å². The lowest BCUT2D eigenvalue weighted by Crippen LogP contribution is -2.32. The molecule has 0 aliphatic rings. The SMILES string of the molecule is CCNC(CCOCC(F)F)Cc1cc(F)ccc1F. The van der Waals surface area contributed by atoms with Crippen molar-refractivity contribution < 1.29 is 22.3 Å². The Kier molecular flexibility index (Phi) is 7.54. The van der Waals surface area contributed by atoms with Crippen molar-refractivity contribution >= 4 is 0 Å². The average Bonchev–Trinajstić information content (AvgIpc) is 2.39. The summed E-state index contributed by atoms with van der Waals surface area (Å²) in [4.78, 5) is 0. The first-order valence-electron chi connectivity index (χ1n) is 6.56. The van der Waals surface area contributed by atoms with Crippen LogP contribution >= 0.6 is 0 Å². The number of halogens is 4. The fraction of sp³-hybridized carbons (Fsp3) is 0.571. The van der Waals surface area contributed by atoms with Gasteiger partial charge in [-0.3, -0.25) is 0 Å².